The molecule has 0 unspecified atom stereocenters. The third-order valence-corrected chi connectivity index (χ3v) is 3.52. The number of anilines is 1. The number of carbonyl (C=O) groups excluding carboxylic acids is 5. The molecule has 0 saturated heterocycles. The smallest absolute Gasteiger partial charge is 0.373 e. The van der Waals surface area contributed by atoms with Crippen LogP contribution in [0.15, 0.2) is 41.8 Å². The molecular formula is C23H32N2O8. The molecule has 1 N–H and O–H groups in total. The van der Waals surface area contributed by atoms with E-state index in [0.29, 0.717) is 18.6 Å². The lowest BCUT2D eigenvalue weighted by atomic mass is 10.2. The van der Waals surface area contributed by atoms with E-state index in [1.807, 2.05) is 26.0 Å². The Hall–Kier alpha value is -3.78. The van der Waals surface area contributed by atoms with Crippen LogP contribution in [0.5, 0.6) is 0 Å². The SMILES string of the molecule is CC=C(C(=O)OCC)C(=O)OCC.CCOC(=O)/C(=C\Nc1ccc(C)nc1)CC.O=C=O. The van der Waals surface area contributed by atoms with Gasteiger partial charge in [0.05, 0.1) is 37.3 Å². The number of esters is 3. The van der Waals surface area contributed by atoms with Gasteiger partial charge in [-0.15, -0.1) is 0 Å². The molecule has 0 bridgehead atoms. The van der Waals surface area contributed by atoms with E-state index in [9.17, 15) is 14.4 Å². The first kappa shape index (κ1) is 31.4. The summed E-state index contributed by atoms with van der Waals surface area (Å²) < 4.78 is 14.2. The topological polar surface area (TPSA) is 138 Å². The molecule has 1 aromatic heterocycles. The van der Waals surface area contributed by atoms with Gasteiger partial charge in [-0.3, -0.25) is 4.98 Å². The van der Waals surface area contributed by atoms with Crippen LogP contribution < -0.4 is 5.32 Å². The summed E-state index contributed by atoms with van der Waals surface area (Å²) in [6.45, 7) is 11.5. The molecule has 0 atom stereocenters. The molecule has 0 radical (unpaired) electrons. The van der Waals surface area contributed by atoms with Crippen molar-refractivity contribution >= 4 is 29.7 Å². The normalized spacial score (nSPS) is 9.45. The van der Waals surface area contributed by atoms with Crippen LogP contribution in [0.4, 0.5) is 5.69 Å². The first-order chi connectivity index (χ1) is 15.7. The van der Waals surface area contributed by atoms with Crippen LogP contribution in [0.3, 0.4) is 0 Å². The zero-order valence-electron chi connectivity index (χ0n) is 19.9. The summed E-state index contributed by atoms with van der Waals surface area (Å²) in [5.74, 6) is -1.55. The fraction of sp³-hybridized carbons (Fsp3) is 0.435. The number of ether oxygens (including phenoxy) is 3. The van der Waals surface area contributed by atoms with Crippen LogP contribution in [0.25, 0.3) is 0 Å². The van der Waals surface area contributed by atoms with E-state index >= 15 is 0 Å². The van der Waals surface area contributed by atoms with Gasteiger partial charge in [-0.2, -0.15) is 9.59 Å². The van der Waals surface area contributed by atoms with Gasteiger partial charge >= 0.3 is 24.1 Å². The number of nitrogens with zero attached hydrogens (tertiary/aromatic N) is 1. The predicted octanol–water partition coefficient (Wildman–Crippen LogP) is 3.13. The van der Waals surface area contributed by atoms with Gasteiger partial charge < -0.3 is 19.5 Å². The molecule has 33 heavy (non-hydrogen) atoms. The van der Waals surface area contributed by atoms with Gasteiger partial charge in [-0.25, -0.2) is 14.4 Å². The highest BCUT2D eigenvalue weighted by molar-refractivity contribution is 6.13. The van der Waals surface area contributed by atoms with Gasteiger partial charge in [-0.05, 0) is 53.2 Å². The second-order valence-corrected chi connectivity index (χ2v) is 5.80. The largest absolute Gasteiger partial charge is 0.463 e. The molecule has 1 aromatic rings. The van der Waals surface area contributed by atoms with Gasteiger partial charge in [0.25, 0.3) is 0 Å². The minimum atomic E-state index is -0.636. The van der Waals surface area contributed by atoms with Crippen molar-refractivity contribution in [2.75, 3.05) is 25.1 Å². The zero-order chi connectivity index (χ0) is 25.6. The lowest BCUT2D eigenvalue weighted by molar-refractivity contribution is -0.191. The number of allylic oxidation sites excluding steroid dienone is 1. The van der Waals surface area contributed by atoms with E-state index in [4.69, 9.17) is 14.3 Å². The van der Waals surface area contributed by atoms with E-state index in [0.717, 1.165) is 11.4 Å². The van der Waals surface area contributed by atoms with Crippen molar-refractivity contribution in [3.8, 4) is 0 Å². The second kappa shape index (κ2) is 20.1. The molecule has 0 amide bonds. The third-order valence-electron chi connectivity index (χ3n) is 3.52. The fourth-order valence-electron chi connectivity index (χ4n) is 1.99. The van der Waals surface area contributed by atoms with E-state index in [-0.39, 0.29) is 30.9 Å². The van der Waals surface area contributed by atoms with E-state index < -0.39 is 11.9 Å². The lowest BCUT2D eigenvalue weighted by Crippen LogP contribution is -2.18. The summed E-state index contributed by atoms with van der Waals surface area (Å²) >= 11 is 0. The number of nitrogens with one attached hydrogen (secondary N) is 1. The zero-order valence-corrected chi connectivity index (χ0v) is 19.9. The van der Waals surface area contributed by atoms with E-state index in [1.54, 1.807) is 40.1 Å². The molecule has 0 saturated carbocycles. The standard InChI is InChI=1S/C13H18N2O2.C9H14O4.CO2/c1-4-11(13(16)17-5-2)8-15-12-7-6-10(3)14-9-12;1-4-7(8(10)12-5-2)9(11)13-6-3;2-1-3/h6-9,15H,4-5H2,1-3H3;4H,5-6H2,1-3H3;/b11-8-;;. The highest BCUT2D eigenvalue weighted by atomic mass is 16.6. The average Bonchev–Trinajstić information content (AvgIpc) is 2.77. The van der Waals surface area contributed by atoms with Crippen molar-refractivity contribution in [2.45, 2.75) is 48.0 Å². The van der Waals surface area contributed by atoms with Crippen molar-refractivity contribution in [3.63, 3.8) is 0 Å². The Balaban J connectivity index is 0. The van der Waals surface area contributed by atoms with Gasteiger partial charge in [0.2, 0.25) is 0 Å². The van der Waals surface area contributed by atoms with Crippen LogP contribution in [0.2, 0.25) is 0 Å². The van der Waals surface area contributed by atoms with Gasteiger partial charge in [0.1, 0.15) is 5.57 Å². The summed E-state index contributed by atoms with van der Waals surface area (Å²) in [5, 5.41) is 3.04. The molecule has 0 fully saturated rings. The number of hydrogen-bond donors (Lipinski definition) is 1. The summed E-state index contributed by atoms with van der Waals surface area (Å²) in [6.07, 6.45) is 5.66. The Labute approximate surface area is 194 Å². The highest BCUT2D eigenvalue weighted by Crippen LogP contribution is 2.09. The van der Waals surface area contributed by atoms with Crippen LogP contribution in [-0.4, -0.2) is 48.9 Å². The number of hydrogen-bond acceptors (Lipinski definition) is 10. The Morgan fingerprint density at radius 2 is 1.42 bits per heavy atom. The fourth-order valence-corrected chi connectivity index (χ4v) is 1.99. The third kappa shape index (κ3) is 14.8. The number of carbonyl (C=O) groups is 3. The molecule has 10 nitrogen and oxygen atoms in total. The Morgan fingerprint density at radius 1 is 0.939 bits per heavy atom. The Kier molecular flexibility index (Phi) is 19.2. The molecule has 182 valence electrons. The average molecular weight is 465 g/mol. The molecule has 0 aliphatic carbocycles. The first-order valence-electron chi connectivity index (χ1n) is 10.3. The molecule has 0 aliphatic heterocycles. The quantitative estimate of drug-likeness (QED) is 0.191. The van der Waals surface area contributed by atoms with Crippen molar-refractivity contribution in [3.05, 3.63) is 47.4 Å². The second-order valence-electron chi connectivity index (χ2n) is 5.80. The van der Waals surface area contributed by atoms with Crippen molar-refractivity contribution in [2.24, 2.45) is 0 Å². The summed E-state index contributed by atoms with van der Waals surface area (Å²) in [7, 11) is 0. The van der Waals surface area contributed by atoms with Crippen LogP contribution >= 0.6 is 0 Å². The van der Waals surface area contributed by atoms with Gasteiger partial charge in [0, 0.05) is 11.9 Å². The number of rotatable bonds is 9. The molecule has 0 spiro atoms. The molecule has 10 heteroatoms. The number of aromatic nitrogens is 1. The summed E-state index contributed by atoms with van der Waals surface area (Å²) in [5.41, 5.74) is 2.38. The van der Waals surface area contributed by atoms with Gasteiger partial charge in [0.15, 0.2) is 0 Å². The molecular weight excluding hydrogens is 432 g/mol. The van der Waals surface area contributed by atoms with E-state index in [1.165, 1.54) is 6.08 Å². The summed E-state index contributed by atoms with van der Waals surface area (Å²) in [6, 6.07) is 3.82. The highest BCUT2D eigenvalue weighted by Gasteiger charge is 2.19. The Morgan fingerprint density at radius 3 is 1.79 bits per heavy atom. The minimum Gasteiger partial charge on any atom is -0.463 e. The van der Waals surface area contributed by atoms with Crippen LogP contribution in [-0.2, 0) is 38.2 Å². The van der Waals surface area contributed by atoms with Crippen molar-refractivity contribution < 1.29 is 38.2 Å². The maximum absolute atomic E-state index is 11.5. The molecule has 1 rings (SSSR count). The first-order valence-corrected chi connectivity index (χ1v) is 10.3. The molecule has 0 aliphatic rings. The van der Waals surface area contributed by atoms with Crippen molar-refractivity contribution in [1.29, 1.82) is 0 Å². The Bertz CT molecular complexity index is 803. The summed E-state index contributed by atoms with van der Waals surface area (Å²) in [4.78, 5) is 54.1. The molecule has 1 heterocycles. The maximum Gasteiger partial charge on any atom is 0.373 e. The number of aryl methyl sites for hydroxylation is 1. The van der Waals surface area contributed by atoms with Crippen LogP contribution in [0.1, 0.15) is 46.7 Å². The van der Waals surface area contributed by atoms with Crippen molar-refractivity contribution in [1.82, 2.24) is 4.98 Å². The maximum atomic E-state index is 11.5. The minimum absolute atomic E-state index is 0.0521. The van der Waals surface area contributed by atoms with Gasteiger partial charge in [-0.1, -0.05) is 13.0 Å². The lowest BCUT2D eigenvalue weighted by Gasteiger charge is -2.06. The predicted molar refractivity (Wildman–Crippen MR) is 120 cm³/mol. The van der Waals surface area contributed by atoms with E-state index in [2.05, 4.69) is 19.8 Å². The molecule has 0 aromatic carbocycles. The van der Waals surface area contributed by atoms with Crippen LogP contribution in [0, 0.1) is 6.92 Å². The monoisotopic (exact) mass is 464 g/mol. The number of pyridine rings is 1.